The number of nitrogens with zero attached hydrogens (tertiary/aromatic N) is 2. The zero-order chi connectivity index (χ0) is 19.1. The molecule has 2 aromatic carbocycles. The minimum atomic E-state index is -0.490. The van der Waals surface area contributed by atoms with Crippen molar-refractivity contribution in [1.82, 2.24) is 0 Å². The quantitative estimate of drug-likeness (QED) is 0.647. The Hall–Kier alpha value is -2.96. The molecule has 1 N–H and O–H groups in total. The molecule has 140 valence electrons. The molecule has 0 unspecified atom stereocenters. The SMILES string of the molecule is Cc1cc(F)c2c(c1)CCCN2C(=O)c1ccc(NC2CC2)c([N+](=O)[O-])c1. The lowest BCUT2D eigenvalue weighted by Gasteiger charge is -2.30. The van der Waals surface area contributed by atoms with Gasteiger partial charge >= 0.3 is 0 Å². The van der Waals surface area contributed by atoms with Gasteiger partial charge in [0.1, 0.15) is 11.5 Å². The number of halogens is 1. The van der Waals surface area contributed by atoms with Crippen molar-refractivity contribution in [3.8, 4) is 0 Å². The van der Waals surface area contributed by atoms with E-state index in [-0.39, 0.29) is 17.3 Å². The molecule has 1 saturated carbocycles. The summed E-state index contributed by atoms with van der Waals surface area (Å²) in [7, 11) is 0. The largest absolute Gasteiger partial charge is 0.377 e. The van der Waals surface area contributed by atoms with Crippen LogP contribution in [0.2, 0.25) is 0 Å². The summed E-state index contributed by atoms with van der Waals surface area (Å²) in [4.78, 5) is 25.4. The summed E-state index contributed by atoms with van der Waals surface area (Å²) in [5.74, 6) is -0.848. The maximum atomic E-state index is 14.6. The molecule has 2 aliphatic rings. The van der Waals surface area contributed by atoms with Crippen molar-refractivity contribution < 1.29 is 14.1 Å². The Morgan fingerprint density at radius 1 is 1.30 bits per heavy atom. The summed E-state index contributed by atoms with van der Waals surface area (Å²) in [6, 6.07) is 7.99. The highest BCUT2D eigenvalue weighted by molar-refractivity contribution is 6.07. The molecule has 6 nitrogen and oxygen atoms in total. The molecule has 4 rings (SSSR count). The molecular formula is C20H20FN3O3. The van der Waals surface area contributed by atoms with Gasteiger partial charge in [0.15, 0.2) is 0 Å². The van der Waals surface area contributed by atoms with Crippen LogP contribution in [0.15, 0.2) is 30.3 Å². The first-order chi connectivity index (χ1) is 12.9. The van der Waals surface area contributed by atoms with Crippen LogP contribution in [0.25, 0.3) is 0 Å². The molecule has 2 aromatic rings. The first-order valence-corrected chi connectivity index (χ1v) is 9.10. The molecule has 0 atom stereocenters. The van der Waals surface area contributed by atoms with E-state index in [0.717, 1.165) is 30.4 Å². The summed E-state index contributed by atoms with van der Waals surface area (Å²) in [6.07, 6.45) is 3.41. The predicted molar refractivity (Wildman–Crippen MR) is 101 cm³/mol. The fourth-order valence-corrected chi connectivity index (χ4v) is 3.58. The third-order valence-electron chi connectivity index (χ3n) is 5.01. The molecule has 1 aliphatic carbocycles. The van der Waals surface area contributed by atoms with E-state index in [1.807, 2.05) is 13.0 Å². The zero-order valence-electron chi connectivity index (χ0n) is 15.0. The number of benzene rings is 2. The average molecular weight is 369 g/mol. The van der Waals surface area contributed by atoms with Crippen LogP contribution in [0.4, 0.5) is 21.5 Å². The molecule has 1 amide bonds. The minimum absolute atomic E-state index is 0.130. The van der Waals surface area contributed by atoms with Gasteiger partial charge < -0.3 is 10.2 Å². The summed E-state index contributed by atoms with van der Waals surface area (Å²) in [5, 5.41) is 14.6. The second-order valence-electron chi connectivity index (χ2n) is 7.22. The van der Waals surface area contributed by atoms with Gasteiger partial charge in [0.05, 0.1) is 10.6 Å². The molecule has 0 aromatic heterocycles. The zero-order valence-corrected chi connectivity index (χ0v) is 15.0. The van der Waals surface area contributed by atoms with Crippen molar-refractivity contribution in [1.29, 1.82) is 0 Å². The van der Waals surface area contributed by atoms with E-state index in [4.69, 9.17) is 0 Å². The summed E-state index contributed by atoms with van der Waals surface area (Å²) < 4.78 is 14.6. The Bertz CT molecular complexity index is 940. The Morgan fingerprint density at radius 2 is 2.07 bits per heavy atom. The third-order valence-corrected chi connectivity index (χ3v) is 5.01. The molecule has 0 radical (unpaired) electrons. The van der Waals surface area contributed by atoms with Crippen LogP contribution in [-0.4, -0.2) is 23.4 Å². The number of carbonyl (C=O) groups excluding carboxylic acids is 1. The molecule has 1 aliphatic heterocycles. The number of carbonyl (C=O) groups is 1. The lowest BCUT2D eigenvalue weighted by Crippen LogP contribution is -2.36. The topological polar surface area (TPSA) is 75.5 Å². The van der Waals surface area contributed by atoms with Crippen LogP contribution >= 0.6 is 0 Å². The number of amides is 1. The van der Waals surface area contributed by atoms with E-state index >= 15 is 0 Å². The van der Waals surface area contributed by atoms with Gasteiger partial charge in [-0.05, 0) is 61.9 Å². The number of anilines is 2. The van der Waals surface area contributed by atoms with Crippen LogP contribution in [0.3, 0.4) is 0 Å². The van der Waals surface area contributed by atoms with Crippen molar-refractivity contribution in [2.45, 2.75) is 38.6 Å². The van der Waals surface area contributed by atoms with Crippen molar-refractivity contribution in [2.24, 2.45) is 0 Å². The Labute approximate surface area is 156 Å². The Kier molecular flexibility index (Phi) is 4.30. The molecule has 7 heteroatoms. The van der Waals surface area contributed by atoms with E-state index in [2.05, 4.69) is 5.32 Å². The monoisotopic (exact) mass is 369 g/mol. The number of nitro groups is 1. The van der Waals surface area contributed by atoms with E-state index in [0.29, 0.717) is 24.3 Å². The van der Waals surface area contributed by atoms with E-state index in [1.54, 1.807) is 12.1 Å². The number of hydrogen-bond donors (Lipinski definition) is 1. The van der Waals surface area contributed by atoms with Gasteiger partial charge in [-0.1, -0.05) is 6.07 Å². The van der Waals surface area contributed by atoms with Crippen LogP contribution < -0.4 is 10.2 Å². The third kappa shape index (κ3) is 3.37. The van der Waals surface area contributed by atoms with Crippen LogP contribution in [-0.2, 0) is 6.42 Å². The second-order valence-corrected chi connectivity index (χ2v) is 7.22. The number of hydrogen-bond acceptors (Lipinski definition) is 4. The number of nitrogens with one attached hydrogen (secondary N) is 1. The van der Waals surface area contributed by atoms with Crippen LogP contribution in [0.5, 0.6) is 0 Å². The first kappa shape index (κ1) is 17.5. The average Bonchev–Trinajstić information content (AvgIpc) is 3.44. The number of aryl methyl sites for hydroxylation is 2. The Balaban J connectivity index is 1.70. The Morgan fingerprint density at radius 3 is 2.78 bits per heavy atom. The lowest BCUT2D eigenvalue weighted by molar-refractivity contribution is -0.384. The number of nitro benzene ring substituents is 1. The molecular weight excluding hydrogens is 349 g/mol. The van der Waals surface area contributed by atoms with Gasteiger partial charge in [0.25, 0.3) is 11.6 Å². The molecule has 1 fully saturated rings. The van der Waals surface area contributed by atoms with E-state index in [1.165, 1.54) is 17.0 Å². The highest BCUT2D eigenvalue weighted by Crippen LogP contribution is 2.35. The first-order valence-electron chi connectivity index (χ1n) is 9.10. The lowest BCUT2D eigenvalue weighted by atomic mass is 9.98. The molecule has 0 saturated heterocycles. The molecule has 0 spiro atoms. The van der Waals surface area contributed by atoms with E-state index < -0.39 is 16.6 Å². The fraction of sp³-hybridized carbons (Fsp3) is 0.350. The second kappa shape index (κ2) is 6.64. The summed E-state index contributed by atoms with van der Waals surface area (Å²) in [6.45, 7) is 2.21. The maximum Gasteiger partial charge on any atom is 0.293 e. The maximum absolute atomic E-state index is 14.6. The van der Waals surface area contributed by atoms with Crippen LogP contribution in [0.1, 0.15) is 40.7 Å². The minimum Gasteiger partial charge on any atom is -0.377 e. The molecule has 1 heterocycles. The van der Waals surface area contributed by atoms with Gasteiger partial charge in [0, 0.05) is 24.2 Å². The fourth-order valence-electron chi connectivity index (χ4n) is 3.58. The van der Waals surface area contributed by atoms with Gasteiger partial charge in [0.2, 0.25) is 0 Å². The van der Waals surface area contributed by atoms with E-state index in [9.17, 15) is 19.3 Å². The summed E-state index contributed by atoms with van der Waals surface area (Å²) in [5.41, 5.74) is 2.38. The standard InChI is InChI=1S/C20H20FN3O3/c1-12-9-13-3-2-8-23(19(13)16(21)10-12)20(25)14-4-7-17(22-15-5-6-15)18(11-14)24(26)27/h4,7,9-11,15,22H,2-3,5-6,8H2,1H3. The summed E-state index contributed by atoms with van der Waals surface area (Å²) >= 11 is 0. The van der Waals surface area contributed by atoms with Crippen molar-refractivity contribution >= 4 is 23.0 Å². The van der Waals surface area contributed by atoms with Crippen molar-refractivity contribution in [3.05, 3.63) is 63.0 Å². The predicted octanol–water partition coefficient (Wildman–Crippen LogP) is 4.21. The van der Waals surface area contributed by atoms with Gasteiger partial charge in [-0.15, -0.1) is 0 Å². The number of fused-ring (bicyclic) bond motifs is 1. The molecule has 0 bridgehead atoms. The van der Waals surface area contributed by atoms with Crippen molar-refractivity contribution in [2.75, 3.05) is 16.8 Å². The highest BCUT2D eigenvalue weighted by Gasteiger charge is 2.29. The number of rotatable bonds is 4. The smallest absolute Gasteiger partial charge is 0.293 e. The normalized spacial score (nSPS) is 16.0. The highest BCUT2D eigenvalue weighted by atomic mass is 19.1. The van der Waals surface area contributed by atoms with Crippen LogP contribution in [0, 0.1) is 22.9 Å². The van der Waals surface area contributed by atoms with Crippen molar-refractivity contribution in [3.63, 3.8) is 0 Å². The molecule has 27 heavy (non-hydrogen) atoms. The van der Waals surface area contributed by atoms with Gasteiger partial charge in [-0.25, -0.2) is 4.39 Å². The van der Waals surface area contributed by atoms with Gasteiger partial charge in [-0.3, -0.25) is 14.9 Å². The van der Waals surface area contributed by atoms with Gasteiger partial charge in [-0.2, -0.15) is 0 Å².